The van der Waals surface area contributed by atoms with Gasteiger partial charge in [0.15, 0.2) is 0 Å². The summed E-state index contributed by atoms with van der Waals surface area (Å²) in [5, 5.41) is 13.3. The average Bonchev–Trinajstić information content (AvgIpc) is 2.99. The second kappa shape index (κ2) is 7.16. The van der Waals surface area contributed by atoms with Crippen LogP contribution in [0, 0.1) is 21.8 Å². The number of amides is 2. The molecule has 2 aliphatic rings. The molecule has 0 bridgehead atoms. The molecule has 2 amide bonds. The predicted octanol–water partition coefficient (Wildman–Crippen LogP) is 2.85. The third-order valence-electron chi connectivity index (χ3n) is 4.96. The van der Waals surface area contributed by atoms with Crippen LogP contribution in [0.25, 0.3) is 0 Å². The van der Waals surface area contributed by atoms with Gasteiger partial charge in [-0.2, -0.15) is 4.39 Å². The molecular weight excluding hydrogens is 329 g/mol. The van der Waals surface area contributed by atoms with Crippen LogP contribution in [0.2, 0.25) is 0 Å². The number of carbonyl (C=O) groups excluding carboxylic acids is 2. The lowest BCUT2D eigenvalue weighted by Crippen LogP contribution is -2.38. The molecule has 0 radical (unpaired) electrons. The number of halogens is 1. The Morgan fingerprint density at radius 2 is 2.00 bits per heavy atom. The summed E-state index contributed by atoms with van der Waals surface area (Å²) in [6.45, 7) is 0.374. The first-order chi connectivity index (χ1) is 12.0. The highest BCUT2D eigenvalue weighted by molar-refractivity contribution is 5.97. The Labute approximate surface area is 144 Å². The van der Waals surface area contributed by atoms with Crippen molar-refractivity contribution in [2.45, 2.75) is 44.6 Å². The SMILES string of the molecule is O=C(Nc1ccc(F)c([N+](=O)[O-])c1)[C@@H]1CC(=O)N(C2CCCCC2)C1. The zero-order chi connectivity index (χ0) is 18.0. The van der Waals surface area contributed by atoms with E-state index in [2.05, 4.69) is 5.32 Å². The number of likely N-dealkylation sites (tertiary alicyclic amines) is 1. The van der Waals surface area contributed by atoms with Crippen LogP contribution in [0.1, 0.15) is 38.5 Å². The number of nitrogens with one attached hydrogen (secondary N) is 1. The minimum atomic E-state index is -0.956. The Morgan fingerprint density at radius 1 is 1.28 bits per heavy atom. The van der Waals surface area contributed by atoms with Crippen molar-refractivity contribution < 1.29 is 18.9 Å². The zero-order valence-electron chi connectivity index (χ0n) is 13.7. The molecule has 1 aliphatic carbocycles. The highest BCUT2D eigenvalue weighted by Gasteiger charge is 2.38. The van der Waals surface area contributed by atoms with Gasteiger partial charge in [-0.05, 0) is 25.0 Å². The first-order valence-electron chi connectivity index (χ1n) is 8.50. The Bertz CT molecular complexity index is 703. The third kappa shape index (κ3) is 3.78. The third-order valence-corrected chi connectivity index (χ3v) is 4.96. The molecule has 1 N–H and O–H groups in total. The fraction of sp³-hybridized carbons (Fsp3) is 0.529. The van der Waals surface area contributed by atoms with Gasteiger partial charge in [-0.25, -0.2) is 0 Å². The number of carbonyl (C=O) groups is 2. The quantitative estimate of drug-likeness (QED) is 0.668. The minimum Gasteiger partial charge on any atom is -0.339 e. The van der Waals surface area contributed by atoms with Gasteiger partial charge in [0, 0.05) is 30.8 Å². The van der Waals surface area contributed by atoms with Crippen LogP contribution in [0.5, 0.6) is 0 Å². The summed E-state index contributed by atoms with van der Waals surface area (Å²) in [5.74, 6) is -1.83. The van der Waals surface area contributed by atoms with Gasteiger partial charge in [-0.3, -0.25) is 19.7 Å². The molecule has 1 aromatic rings. The molecule has 1 saturated carbocycles. The van der Waals surface area contributed by atoms with Crippen LogP contribution < -0.4 is 5.32 Å². The van der Waals surface area contributed by atoms with E-state index in [1.54, 1.807) is 4.90 Å². The topological polar surface area (TPSA) is 92.5 Å². The lowest BCUT2D eigenvalue weighted by atomic mass is 9.94. The molecular formula is C17H20FN3O4. The van der Waals surface area contributed by atoms with Crippen molar-refractivity contribution in [3.63, 3.8) is 0 Å². The van der Waals surface area contributed by atoms with Crippen LogP contribution in [0.15, 0.2) is 18.2 Å². The number of nitro groups is 1. The molecule has 0 spiro atoms. The number of anilines is 1. The van der Waals surface area contributed by atoms with Gasteiger partial charge >= 0.3 is 5.69 Å². The maximum absolute atomic E-state index is 13.4. The van der Waals surface area contributed by atoms with Crippen LogP contribution in [0.4, 0.5) is 15.8 Å². The number of nitrogens with zero attached hydrogens (tertiary/aromatic N) is 2. The number of rotatable bonds is 4. The Kier molecular flexibility index (Phi) is 4.96. The van der Waals surface area contributed by atoms with Gasteiger partial charge < -0.3 is 10.2 Å². The average molecular weight is 349 g/mol. The largest absolute Gasteiger partial charge is 0.339 e. The van der Waals surface area contributed by atoms with Crippen molar-refractivity contribution in [3.05, 3.63) is 34.1 Å². The van der Waals surface area contributed by atoms with E-state index in [1.807, 2.05) is 0 Å². The van der Waals surface area contributed by atoms with Gasteiger partial charge in [-0.15, -0.1) is 0 Å². The summed E-state index contributed by atoms with van der Waals surface area (Å²) >= 11 is 0. The van der Waals surface area contributed by atoms with E-state index >= 15 is 0 Å². The van der Waals surface area contributed by atoms with Gasteiger partial charge in [-0.1, -0.05) is 19.3 Å². The number of hydrogen-bond acceptors (Lipinski definition) is 4. The number of benzene rings is 1. The molecule has 1 aliphatic heterocycles. The van der Waals surface area contributed by atoms with E-state index in [9.17, 15) is 24.1 Å². The normalized spacial score (nSPS) is 21.4. The molecule has 1 heterocycles. The van der Waals surface area contributed by atoms with Gasteiger partial charge in [0.05, 0.1) is 10.8 Å². The van der Waals surface area contributed by atoms with Crippen LogP contribution in [0.3, 0.4) is 0 Å². The van der Waals surface area contributed by atoms with Crippen molar-refractivity contribution in [2.24, 2.45) is 5.92 Å². The fourth-order valence-electron chi connectivity index (χ4n) is 3.63. The molecule has 0 unspecified atom stereocenters. The van der Waals surface area contributed by atoms with Crippen LogP contribution in [-0.2, 0) is 9.59 Å². The van der Waals surface area contributed by atoms with E-state index in [4.69, 9.17) is 0 Å². The summed E-state index contributed by atoms with van der Waals surface area (Å²) in [7, 11) is 0. The van der Waals surface area contributed by atoms with E-state index in [-0.39, 0.29) is 30.0 Å². The molecule has 25 heavy (non-hydrogen) atoms. The molecule has 0 aromatic heterocycles. The number of hydrogen-bond donors (Lipinski definition) is 1. The van der Waals surface area contributed by atoms with Gasteiger partial charge in [0.1, 0.15) is 0 Å². The van der Waals surface area contributed by atoms with Crippen LogP contribution in [-0.4, -0.2) is 34.2 Å². The van der Waals surface area contributed by atoms with E-state index in [0.29, 0.717) is 6.54 Å². The highest BCUT2D eigenvalue weighted by atomic mass is 19.1. The van der Waals surface area contributed by atoms with E-state index in [1.165, 1.54) is 12.5 Å². The maximum Gasteiger partial charge on any atom is 0.306 e. The molecule has 7 nitrogen and oxygen atoms in total. The summed E-state index contributed by atoms with van der Waals surface area (Å²) in [4.78, 5) is 36.4. The molecule has 1 atom stereocenters. The van der Waals surface area contributed by atoms with Crippen molar-refractivity contribution >= 4 is 23.2 Å². The highest BCUT2D eigenvalue weighted by Crippen LogP contribution is 2.29. The predicted molar refractivity (Wildman–Crippen MR) is 88.4 cm³/mol. The van der Waals surface area contributed by atoms with E-state index in [0.717, 1.165) is 37.8 Å². The fourth-order valence-corrected chi connectivity index (χ4v) is 3.63. The summed E-state index contributed by atoms with van der Waals surface area (Å²) in [6, 6.07) is 3.42. The Balaban J connectivity index is 1.65. The first kappa shape index (κ1) is 17.3. The molecule has 8 heteroatoms. The van der Waals surface area contributed by atoms with Crippen LogP contribution >= 0.6 is 0 Å². The van der Waals surface area contributed by atoms with E-state index < -0.39 is 22.3 Å². The van der Waals surface area contributed by atoms with Crippen molar-refractivity contribution in [2.75, 3.05) is 11.9 Å². The monoisotopic (exact) mass is 349 g/mol. The van der Waals surface area contributed by atoms with Gasteiger partial charge in [0.25, 0.3) is 0 Å². The molecule has 1 aromatic carbocycles. The number of nitro benzene ring substituents is 1. The maximum atomic E-state index is 13.4. The smallest absolute Gasteiger partial charge is 0.306 e. The summed E-state index contributed by atoms with van der Waals surface area (Å²) < 4.78 is 13.4. The second-order valence-electron chi connectivity index (χ2n) is 6.65. The Morgan fingerprint density at radius 3 is 2.68 bits per heavy atom. The van der Waals surface area contributed by atoms with Crippen molar-refractivity contribution in [3.8, 4) is 0 Å². The first-order valence-corrected chi connectivity index (χ1v) is 8.50. The Hall–Kier alpha value is -2.51. The molecule has 2 fully saturated rings. The standard InChI is InChI=1S/C17H20FN3O4/c18-14-7-6-12(9-15(14)21(24)25)19-17(23)11-8-16(22)20(10-11)13-4-2-1-3-5-13/h6-7,9,11,13H,1-5,8,10H2,(H,19,23)/t11-/m1/s1. The molecule has 134 valence electrons. The van der Waals surface area contributed by atoms with Crippen molar-refractivity contribution in [1.29, 1.82) is 0 Å². The zero-order valence-corrected chi connectivity index (χ0v) is 13.7. The second-order valence-corrected chi connectivity index (χ2v) is 6.65. The lowest BCUT2D eigenvalue weighted by molar-refractivity contribution is -0.387. The molecule has 3 rings (SSSR count). The summed E-state index contributed by atoms with van der Waals surface area (Å²) in [6.07, 6.45) is 5.49. The van der Waals surface area contributed by atoms with Crippen molar-refractivity contribution in [1.82, 2.24) is 4.90 Å². The molecule has 1 saturated heterocycles. The van der Waals surface area contributed by atoms with Gasteiger partial charge in [0.2, 0.25) is 17.6 Å². The summed E-state index contributed by atoms with van der Waals surface area (Å²) in [5.41, 5.74) is -0.536. The lowest BCUT2D eigenvalue weighted by Gasteiger charge is -2.31. The minimum absolute atomic E-state index is 0.0165.